The van der Waals surface area contributed by atoms with Gasteiger partial charge >= 0.3 is 0 Å². The topological polar surface area (TPSA) is 0 Å². The van der Waals surface area contributed by atoms with Crippen LogP contribution in [0.4, 0.5) is 0 Å². The van der Waals surface area contributed by atoms with Gasteiger partial charge in [-0.25, -0.2) is 0 Å². The monoisotopic (exact) mass is 228 g/mol. The predicted molar refractivity (Wildman–Crippen MR) is 84.2 cm³/mol. The Hall–Kier alpha value is -0.780. The fourth-order valence-electron chi connectivity index (χ4n) is 0.326. The summed E-state index contributed by atoms with van der Waals surface area (Å²) in [6, 6.07) is 0. The van der Waals surface area contributed by atoms with Crippen LogP contribution in [0.5, 0.6) is 0 Å². The molecule has 0 N–H and O–H groups in total. The molecule has 0 unspecified atom stereocenters. The molecule has 0 aromatic rings. The second-order valence-electron chi connectivity index (χ2n) is 1.77. The van der Waals surface area contributed by atoms with E-state index < -0.39 is 0 Å². The minimum atomic E-state index is 1.13. The Bertz CT molecular complexity index is 96.6. The molecule has 0 amide bonds. The Balaban J connectivity index is -0.0000000379. The van der Waals surface area contributed by atoms with Crippen LogP contribution in [0.1, 0.15) is 68.7 Å². The molecule has 0 aliphatic heterocycles. The van der Waals surface area contributed by atoms with E-state index in [0.29, 0.717) is 0 Å². The third-order valence-electron chi connectivity index (χ3n) is 0.675. The molecule has 0 radical (unpaired) electrons. The molecule has 100 valence electrons. The van der Waals surface area contributed by atoms with E-state index in [-0.39, 0.29) is 0 Å². The molecule has 0 fully saturated rings. The molecule has 0 aromatic carbocycles. The Morgan fingerprint density at radius 3 is 1.31 bits per heavy atom. The van der Waals surface area contributed by atoms with Crippen molar-refractivity contribution in [3.05, 3.63) is 37.0 Å². The summed E-state index contributed by atoms with van der Waals surface area (Å²) in [6.45, 7) is 21.4. The molecule has 0 aromatic heterocycles. The second kappa shape index (κ2) is 91.2. The first kappa shape index (κ1) is 29.5. The van der Waals surface area contributed by atoms with Crippen LogP contribution in [0.3, 0.4) is 0 Å². The molecular formula is C16H36. The van der Waals surface area contributed by atoms with Gasteiger partial charge in [-0.15, -0.1) is 6.58 Å². The molecule has 0 atom stereocenters. The van der Waals surface area contributed by atoms with Gasteiger partial charge in [0.1, 0.15) is 0 Å². The number of allylic oxidation sites excluding steroid dienone is 5. The van der Waals surface area contributed by atoms with Crippen molar-refractivity contribution in [1.82, 2.24) is 0 Å². The molecule has 0 rings (SSSR count). The van der Waals surface area contributed by atoms with Gasteiger partial charge in [0.15, 0.2) is 0 Å². The summed E-state index contributed by atoms with van der Waals surface area (Å²) in [4.78, 5) is 0. The van der Waals surface area contributed by atoms with Crippen LogP contribution in [0, 0.1) is 0 Å². The lowest BCUT2D eigenvalue weighted by Crippen LogP contribution is -1.48. The van der Waals surface area contributed by atoms with E-state index in [9.17, 15) is 0 Å². The van der Waals surface area contributed by atoms with Crippen molar-refractivity contribution in [1.29, 1.82) is 0 Å². The van der Waals surface area contributed by atoms with Crippen molar-refractivity contribution >= 4 is 0 Å². The highest BCUT2D eigenvalue weighted by molar-refractivity contribution is 5.00. The molecule has 0 spiro atoms. The van der Waals surface area contributed by atoms with Crippen LogP contribution in [0.15, 0.2) is 37.0 Å². The maximum Gasteiger partial charge on any atom is -0.0376 e. The number of hydrogen-bond donors (Lipinski definition) is 0. The lowest BCUT2D eigenvalue weighted by Gasteiger charge is -1.70. The highest BCUT2D eigenvalue weighted by Crippen LogP contribution is 1.79. The fourth-order valence-corrected chi connectivity index (χ4v) is 0.326. The smallest absolute Gasteiger partial charge is 0.0376 e. The van der Waals surface area contributed by atoms with Crippen molar-refractivity contribution in [2.45, 2.75) is 68.7 Å². The van der Waals surface area contributed by atoms with Gasteiger partial charge in [0, 0.05) is 0 Å². The van der Waals surface area contributed by atoms with Gasteiger partial charge in [0.05, 0.1) is 0 Å². The predicted octanol–water partition coefficient (Wildman–Crippen LogP) is 6.80. The van der Waals surface area contributed by atoms with Crippen molar-refractivity contribution in [2.24, 2.45) is 0 Å². The van der Waals surface area contributed by atoms with Crippen molar-refractivity contribution < 1.29 is 0 Å². The van der Waals surface area contributed by atoms with E-state index in [1.165, 1.54) is 0 Å². The summed E-state index contributed by atoms with van der Waals surface area (Å²) in [5.41, 5.74) is 0. The summed E-state index contributed by atoms with van der Waals surface area (Å²) in [5.74, 6) is 0. The van der Waals surface area contributed by atoms with Gasteiger partial charge in [0.25, 0.3) is 0 Å². The highest BCUT2D eigenvalue weighted by atomic mass is 13.6. The highest BCUT2D eigenvalue weighted by Gasteiger charge is 1.57. The van der Waals surface area contributed by atoms with E-state index in [4.69, 9.17) is 0 Å². The van der Waals surface area contributed by atoms with E-state index in [2.05, 4.69) is 25.7 Å². The zero-order valence-corrected chi connectivity index (χ0v) is 13.3. The van der Waals surface area contributed by atoms with Gasteiger partial charge in [-0.1, -0.05) is 78.8 Å². The Kier molecular flexibility index (Phi) is 168. The van der Waals surface area contributed by atoms with Gasteiger partial charge in [-0.2, -0.15) is 0 Å². The average Bonchev–Trinajstić information content (AvgIpc) is 2.38. The molecule has 16 heavy (non-hydrogen) atoms. The fraction of sp³-hybridized carbons (Fsp3) is 0.625. The molecule has 0 aliphatic rings. The molecule has 0 saturated carbocycles. The zero-order chi connectivity index (χ0) is 14.2. The molecule has 0 nitrogen and oxygen atoms in total. The summed E-state index contributed by atoms with van der Waals surface area (Å²) >= 11 is 0. The maximum atomic E-state index is 3.36. The first-order chi connectivity index (χ1) is 7.83. The lowest BCUT2D eigenvalue weighted by molar-refractivity contribution is 1.22. The van der Waals surface area contributed by atoms with E-state index in [0.717, 1.165) is 6.42 Å². The van der Waals surface area contributed by atoms with Crippen molar-refractivity contribution in [3.8, 4) is 0 Å². The van der Waals surface area contributed by atoms with Crippen LogP contribution >= 0.6 is 0 Å². The van der Waals surface area contributed by atoms with Crippen molar-refractivity contribution in [3.63, 3.8) is 0 Å². The van der Waals surface area contributed by atoms with E-state index in [1.807, 2.05) is 67.5 Å². The summed E-state index contributed by atoms with van der Waals surface area (Å²) in [6.07, 6.45) is 11.1. The standard InChI is InChI=1S/C7H12.C3H6.3C2H6/c1-3-5-7-6-4-2;1-3-2;3*1-2/h3,5-7H,4H2,1-2H3;3H,1H2,2H3;3*1-2H3/b5-3-,7-6-;;;;. The third kappa shape index (κ3) is 190. The first-order valence-electron chi connectivity index (χ1n) is 6.68. The number of hydrogen-bond acceptors (Lipinski definition) is 0. The quantitative estimate of drug-likeness (QED) is 0.360. The largest absolute Gasteiger partial charge is 0.103 e. The molecule has 0 aliphatic carbocycles. The first-order valence-corrected chi connectivity index (χ1v) is 6.68. The van der Waals surface area contributed by atoms with Gasteiger partial charge in [0.2, 0.25) is 0 Å². The van der Waals surface area contributed by atoms with Crippen LogP contribution in [-0.4, -0.2) is 0 Å². The number of rotatable bonds is 2. The molecule has 0 bridgehead atoms. The minimum absolute atomic E-state index is 1.13. The molecule has 0 heteroatoms. The SMILES string of the molecule is C/C=C\C=C/CC.C=CC.CC.CC.CC. The normalized spacial score (nSPS) is 7.06. The second-order valence-corrected chi connectivity index (χ2v) is 1.77. The lowest BCUT2D eigenvalue weighted by atomic mass is 10.4. The summed E-state index contributed by atoms with van der Waals surface area (Å²) in [5, 5.41) is 0. The van der Waals surface area contributed by atoms with Gasteiger partial charge in [-0.05, 0) is 20.3 Å². The minimum Gasteiger partial charge on any atom is -0.103 e. The third-order valence-corrected chi connectivity index (χ3v) is 0.675. The van der Waals surface area contributed by atoms with Gasteiger partial charge < -0.3 is 0 Å². The molecular weight excluding hydrogens is 192 g/mol. The zero-order valence-electron chi connectivity index (χ0n) is 13.3. The van der Waals surface area contributed by atoms with Gasteiger partial charge in [-0.3, -0.25) is 0 Å². The van der Waals surface area contributed by atoms with Crippen LogP contribution in [-0.2, 0) is 0 Å². The Morgan fingerprint density at radius 1 is 0.812 bits per heavy atom. The van der Waals surface area contributed by atoms with Crippen LogP contribution in [0.25, 0.3) is 0 Å². The summed E-state index contributed by atoms with van der Waals surface area (Å²) < 4.78 is 0. The molecule has 0 saturated heterocycles. The summed E-state index contributed by atoms with van der Waals surface area (Å²) in [7, 11) is 0. The Labute approximate surface area is 106 Å². The average molecular weight is 228 g/mol. The van der Waals surface area contributed by atoms with Crippen LogP contribution in [0.2, 0.25) is 0 Å². The van der Waals surface area contributed by atoms with E-state index in [1.54, 1.807) is 6.08 Å². The van der Waals surface area contributed by atoms with Crippen LogP contribution < -0.4 is 0 Å². The van der Waals surface area contributed by atoms with Crippen molar-refractivity contribution in [2.75, 3.05) is 0 Å². The maximum absolute atomic E-state index is 3.36. The Morgan fingerprint density at radius 2 is 1.12 bits per heavy atom. The molecule has 0 heterocycles. The van der Waals surface area contributed by atoms with E-state index >= 15 is 0 Å².